The second kappa shape index (κ2) is 5.47. The van der Waals surface area contributed by atoms with Gasteiger partial charge >= 0.3 is 5.97 Å². The van der Waals surface area contributed by atoms with Crippen LogP contribution in [-0.2, 0) is 4.79 Å². The van der Waals surface area contributed by atoms with Gasteiger partial charge in [0.1, 0.15) is 17.7 Å². The zero-order valence-corrected chi connectivity index (χ0v) is 10.2. The summed E-state index contributed by atoms with van der Waals surface area (Å²) in [6.07, 6.45) is 2.22. The molecule has 0 saturated heterocycles. The number of aromatic nitrogens is 2. The van der Waals surface area contributed by atoms with Gasteiger partial charge in [-0.2, -0.15) is 0 Å². The van der Waals surface area contributed by atoms with E-state index in [1.807, 2.05) is 6.92 Å². The van der Waals surface area contributed by atoms with E-state index in [9.17, 15) is 4.79 Å². The summed E-state index contributed by atoms with van der Waals surface area (Å²) in [7, 11) is 0. The number of carboxylic acids is 1. The Balaban J connectivity index is 2.75. The molecule has 1 aromatic rings. The topological polar surface area (TPSA) is 84.3 Å². The van der Waals surface area contributed by atoms with E-state index in [-0.39, 0.29) is 0 Å². The predicted molar refractivity (Wildman–Crippen MR) is 63.2 cm³/mol. The summed E-state index contributed by atoms with van der Waals surface area (Å²) in [6.45, 7) is 5.68. The van der Waals surface area contributed by atoms with Crippen LogP contribution in [0.3, 0.4) is 0 Å². The number of carboxylic acid groups (broad SMARTS) is 1. The van der Waals surface area contributed by atoms with Gasteiger partial charge in [0.15, 0.2) is 0 Å². The minimum atomic E-state index is -1.09. The highest BCUT2D eigenvalue weighted by Gasteiger charge is 2.27. The molecule has 0 aliphatic carbocycles. The Hall–Kier alpha value is -1.85. The molecule has 0 spiro atoms. The van der Waals surface area contributed by atoms with Crippen LogP contribution in [0.4, 0.5) is 5.82 Å². The number of nitrogens with zero attached hydrogens (tertiary/aromatic N) is 2. The molecule has 1 rings (SSSR count). The summed E-state index contributed by atoms with van der Waals surface area (Å²) >= 11 is 0. The molecule has 6 nitrogen and oxygen atoms in total. The number of ether oxygens (including phenoxy) is 1. The van der Waals surface area contributed by atoms with E-state index in [0.29, 0.717) is 18.3 Å². The Morgan fingerprint density at radius 3 is 2.82 bits per heavy atom. The van der Waals surface area contributed by atoms with Crippen LogP contribution in [-0.4, -0.2) is 33.2 Å². The molecule has 94 valence electrons. The fraction of sp³-hybridized carbons (Fsp3) is 0.545. The molecular formula is C11H17N3O3. The lowest BCUT2D eigenvalue weighted by Crippen LogP contribution is -2.40. The summed E-state index contributed by atoms with van der Waals surface area (Å²) in [5.74, 6) is -0.0869. The molecular weight excluding hydrogens is 222 g/mol. The first-order chi connectivity index (χ1) is 7.95. The SMILES string of the molecule is CCCOc1cc(NC(C)(C)C(=O)O)ncn1. The summed E-state index contributed by atoms with van der Waals surface area (Å²) in [5.41, 5.74) is -1.09. The fourth-order valence-corrected chi connectivity index (χ4v) is 1.07. The van der Waals surface area contributed by atoms with E-state index in [1.54, 1.807) is 19.9 Å². The quantitative estimate of drug-likeness (QED) is 0.783. The molecule has 2 N–H and O–H groups in total. The third-order valence-electron chi connectivity index (χ3n) is 2.07. The van der Waals surface area contributed by atoms with Gasteiger partial charge in [0.25, 0.3) is 0 Å². The van der Waals surface area contributed by atoms with E-state index >= 15 is 0 Å². The number of aliphatic carboxylic acids is 1. The van der Waals surface area contributed by atoms with E-state index < -0.39 is 11.5 Å². The number of hydrogen-bond donors (Lipinski definition) is 2. The fourth-order valence-electron chi connectivity index (χ4n) is 1.07. The molecule has 0 amide bonds. The summed E-state index contributed by atoms with van der Waals surface area (Å²) in [5, 5.41) is 11.8. The maximum absolute atomic E-state index is 10.9. The second-order valence-corrected chi connectivity index (χ2v) is 4.15. The zero-order chi connectivity index (χ0) is 12.9. The average Bonchev–Trinajstić information content (AvgIpc) is 2.26. The Kier molecular flexibility index (Phi) is 4.25. The molecule has 0 atom stereocenters. The van der Waals surface area contributed by atoms with Gasteiger partial charge in [0.2, 0.25) is 5.88 Å². The van der Waals surface area contributed by atoms with Crippen molar-refractivity contribution in [1.29, 1.82) is 0 Å². The lowest BCUT2D eigenvalue weighted by atomic mass is 10.1. The van der Waals surface area contributed by atoms with E-state index in [4.69, 9.17) is 9.84 Å². The van der Waals surface area contributed by atoms with Crippen molar-refractivity contribution in [2.45, 2.75) is 32.7 Å². The van der Waals surface area contributed by atoms with Gasteiger partial charge in [0.05, 0.1) is 6.61 Å². The van der Waals surface area contributed by atoms with Crippen molar-refractivity contribution in [3.05, 3.63) is 12.4 Å². The monoisotopic (exact) mass is 239 g/mol. The van der Waals surface area contributed by atoms with Crippen molar-refractivity contribution in [1.82, 2.24) is 9.97 Å². The van der Waals surface area contributed by atoms with Crippen LogP contribution in [0, 0.1) is 0 Å². The highest BCUT2D eigenvalue weighted by Crippen LogP contribution is 2.16. The maximum Gasteiger partial charge on any atom is 0.328 e. The summed E-state index contributed by atoms with van der Waals surface area (Å²) in [4.78, 5) is 18.8. The molecule has 0 radical (unpaired) electrons. The smallest absolute Gasteiger partial charge is 0.328 e. The number of rotatable bonds is 6. The third kappa shape index (κ3) is 3.90. The summed E-state index contributed by atoms with van der Waals surface area (Å²) in [6, 6.07) is 1.58. The maximum atomic E-state index is 10.9. The Morgan fingerprint density at radius 2 is 2.24 bits per heavy atom. The molecule has 1 aromatic heterocycles. The molecule has 0 bridgehead atoms. The molecule has 6 heteroatoms. The normalized spacial score (nSPS) is 11.0. The van der Waals surface area contributed by atoms with E-state index in [1.165, 1.54) is 6.33 Å². The largest absolute Gasteiger partial charge is 0.480 e. The van der Waals surface area contributed by atoms with Crippen LogP contribution < -0.4 is 10.1 Å². The minimum Gasteiger partial charge on any atom is -0.480 e. The van der Waals surface area contributed by atoms with Crippen LogP contribution in [0.25, 0.3) is 0 Å². The van der Waals surface area contributed by atoms with Gasteiger partial charge in [-0.3, -0.25) is 0 Å². The molecule has 0 unspecified atom stereocenters. The predicted octanol–water partition coefficient (Wildman–Crippen LogP) is 1.54. The Bertz CT molecular complexity index is 393. The van der Waals surface area contributed by atoms with Crippen LogP contribution in [0.2, 0.25) is 0 Å². The van der Waals surface area contributed by atoms with Crippen LogP contribution >= 0.6 is 0 Å². The lowest BCUT2D eigenvalue weighted by Gasteiger charge is -2.21. The third-order valence-corrected chi connectivity index (χ3v) is 2.07. The van der Waals surface area contributed by atoms with Gasteiger partial charge in [-0.05, 0) is 20.3 Å². The first kappa shape index (κ1) is 13.2. The second-order valence-electron chi connectivity index (χ2n) is 4.15. The Labute approximate surface area is 100 Å². The molecule has 0 aliphatic heterocycles. The molecule has 0 saturated carbocycles. The van der Waals surface area contributed by atoms with Crippen molar-refractivity contribution >= 4 is 11.8 Å². The van der Waals surface area contributed by atoms with Crippen LogP contribution in [0.5, 0.6) is 5.88 Å². The number of nitrogens with one attached hydrogen (secondary N) is 1. The van der Waals surface area contributed by atoms with Crippen molar-refractivity contribution < 1.29 is 14.6 Å². The van der Waals surface area contributed by atoms with Crippen molar-refractivity contribution in [3.8, 4) is 5.88 Å². The number of carbonyl (C=O) groups is 1. The lowest BCUT2D eigenvalue weighted by molar-refractivity contribution is -0.141. The average molecular weight is 239 g/mol. The van der Waals surface area contributed by atoms with E-state index in [2.05, 4.69) is 15.3 Å². The molecule has 0 aliphatic rings. The molecule has 17 heavy (non-hydrogen) atoms. The van der Waals surface area contributed by atoms with Crippen LogP contribution in [0.15, 0.2) is 12.4 Å². The highest BCUT2D eigenvalue weighted by molar-refractivity contribution is 5.81. The van der Waals surface area contributed by atoms with E-state index in [0.717, 1.165) is 6.42 Å². The van der Waals surface area contributed by atoms with Crippen molar-refractivity contribution in [2.24, 2.45) is 0 Å². The molecule has 0 fully saturated rings. The van der Waals surface area contributed by atoms with Gasteiger partial charge in [-0.15, -0.1) is 0 Å². The molecule has 0 aromatic carbocycles. The van der Waals surface area contributed by atoms with Gasteiger partial charge in [-0.1, -0.05) is 6.92 Å². The van der Waals surface area contributed by atoms with Gasteiger partial charge < -0.3 is 15.2 Å². The Morgan fingerprint density at radius 1 is 1.53 bits per heavy atom. The van der Waals surface area contributed by atoms with Gasteiger partial charge in [-0.25, -0.2) is 14.8 Å². The first-order valence-corrected chi connectivity index (χ1v) is 5.42. The standard InChI is InChI=1S/C11H17N3O3/c1-4-5-17-9-6-8(12-7-13-9)14-11(2,3)10(15)16/h6-7H,4-5H2,1-3H3,(H,15,16)(H,12,13,14). The number of anilines is 1. The van der Waals surface area contributed by atoms with Gasteiger partial charge in [0, 0.05) is 6.07 Å². The summed E-state index contributed by atoms with van der Waals surface area (Å²) < 4.78 is 5.33. The number of hydrogen-bond acceptors (Lipinski definition) is 5. The zero-order valence-electron chi connectivity index (χ0n) is 10.2. The first-order valence-electron chi connectivity index (χ1n) is 5.42. The van der Waals surface area contributed by atoms with Crippen molar-refractivity contribution in [3.63, 3.8) is 0 Å². The highest BCUT2D eigenvalue weighted by atomic mass is 16.5. The minimum absolute atomic E-state index is 0.429. The van der Waals surface area contributed by atoms with Crippen LogP contribution in [0.1, 0.15) is 27.2 Å². The van der Waals surface area contributed by atoms with Crippen molar-refractivity contribution in [2.75, 3.05) is 11.9 Å². The molecule has 1 heterocycles.